The van der Waals surface area contributed by atoms with Gasteiger partial charge in [-0.05, 0) is 56.2 Å². The molecule has 3 aromatic rings. The minimum Gasteiger partial charge on any atom is -0.490 e. The average molecular weight is 499 g/mol. The van der Waals surface area contributed by atoms with Crippen molar-refractivity contribution in [1.29, 1.82) is 5.26 Å². The molecule has 0 saturated carbocycles. The fourth-order valence-corrected chi connectivity index (χ4v) is 4.20. The van der Waals surface area contributed by atoms with Crippen molar-refractivity contribution in [2.24, 2.45) is 5.73 Å². The minimum atomic E-state index is -0.487. The van der Waals surface area contributed by atoms with Crippen LogP contribution in [0.2, 0.25) is 0 Å². The van der Waals surface area contributed by atoms with E-state index in [0.29, 0.717) is 47.3 Å². The highest BCUT2D eigenvalue weighted by atomic mass is 16.5. The van der Waals surface area contributed by atoms with E-state index in [-0.39, 0.29) is 5.88 Å². The van der Waals surface area contributed by atoms with Gasteiger partial charge in [0.25, 0.3) is 0 Å². The maximum absolute atomic E-state index is 12.6. The second-order valence-electron chi connectivity index (χ2n) is 8.72. The molecular formula is C30H30N2O5. The van der Waals surface area contributed by atoms with Gasteiger partial charge in [0.05, 0.1) is 24.7 Å². The predicted molar refractivity (Wildman–Crippen MR) is 140 cm³/mol. The summed E-state index contributed by atoms with van der Waals surface area (Å²) in [6.45, 7) is 6.98. The first kappa shape index (κ1) is 25.6. The second kappa shape index (κ2) is 11.5. The van der Waals surface area contributed by atoms with E-state index in [4.69, 9.17) is 24.7 Å². The molecule has 4 rings (SSSR count). The van der Waals surface area contributed by atoms with Gasteiger partial charge in [0.2, 0.25) is 5.88 Å². The lowest BCUT2D eigenvalue weighted by Crippen LogP contribution is -2.21. The molecule has 0 spiro atoms. The third-order valence-corrected chi connectivity index (χ3v) is 6.01. The van der Waals surface area contributed by atoms with Crippen LogP contribution in [-0.4, -0.2) is 19.2 Å². The Balaban J connectivity index is 1.68. The zero-order chi connectivity index (χ0) is 26.4. The lowest BCUT2D eigenvalue weighted by Gasteiger charge is -2.27. The number of nitrogens with zero attached hydrogens (tertiary/aromatic N) is 1. The normalized spacial score (nSPS) is 14.3. The van der Waals surface area contributed by atoms with Gasteiger partial charge >= 0.3 is 5.97 Å². The van der Waals surface area contributed by atoms with E-state index in [0.717, 1.165) is 29.5 Å². The summed E-state index contributed by atoms with van der Waals surface area (Å²) in [5.41, 5.74) is 9.40. The lowest BCUT2D eigenvalue weighted by molar-refractivity contribution is 0.0734. The molecule has 190 valence electrons. The minimum absolute atomic E-state index is 0.00314. The fourth-order valence-electron chi connectivity index (χ4n) is 4.20. The van der Waals surface area contributed by atoms with Crippen LogP contribution < -0.4 is 24.7 Å². The topological polar surface area (TPSA) is 104 Å². The Morgan fingerprint density at radius 3 is 2.62 bits per heavy atom. The number of nitrogens with two attached hydrogens (primary N) is 1. The van der Waals surface area contributed by atoms with Crippen molar-refractivity contribution in [2.45, 2.75) is 39.5 Å². The van der Waals surface area contributed by atoms with Gasteiger partial charge in [0.15, 0.2) is 11.5 Å². The number of hydrogen-bond acceptors (Lipinski definition) is 7. The summed E-state index contributed by atoms with van der Waals surface area (Å²) in [6.07, 6.45) is 1.97. The number of ether oxygens (including phenoxy) is 4. The summed E-state index contributed by atoms with van der Waals surface area (Å²) in [5.74, 6) is 1.02. The highest BCUT2D eigenvalue weighted by Gasteiger charge is 2.32. The largest absolute Gasteiger partial charge is 0.490 e. The van der Waals surface area contributed by atoms with Gasteiger partial charge in [-0.25, -0.2) is 4.79 Å². The summed E-state index contributed by atoms with van der Waals surface area (Å²) in [7, 11) is 0. The van der Waals surface area contributed by atoms with E-state index in [1.54, 1.807) is 36.4 Å². The summed E-state index contributed by atoms with van der Waals surface area (Å²) < 4.78 is 23.1. The first-order valence-corrected chi connectivity index (χ1v) is 12.3. The first-order valence-electron chi connectivity index (χ1n) is 12.3. The number of rotatable bonds is 9. The van der Waals surface area contributed by atoms with Crippen LogP contribution in [0.25, 0.3) is 0 Å². The van der Waals surface area contributed by atoms with E-state index >= 15 is 0 Å². The third-order valence-electron chi connectivity index (χ3n) is 6.01. The zero-order valence-electron chi connectivity index (χ0n) is 21.2. The Morgan fingerprint density at radius 1 is 1.05 bits per heavy atom. The quantitative estimate of drug-likeness (QED) is 0.219. The van der Waals surface area contributed by atoms with Crippen molar-refractivity contribution in [3.63, 3.8) is 0 Å². The molecule has 1 aliphatic rings. The van der Waals surface area contributed by atoms with Crippen molar-refractivity contribution in [3.8, 4) is 29.1 Å². The second-order valence-corrected chi connectivity index (χ2v) is 8.72. The van der Waals surface area contributed by atoms with E-state index in [2.05, 4.69) is 13.0 Å². The van der Waals surface area contributed by atoms with Crippen LogP contribution in [0, 0.1) is 18.3 Å². The van der Waals surface area contributed by atoms with Gasteiger partial charge in [-0.15, -0.1) is 0 Å². The monoisotopic (exact) mass is 498 g/mol. The van der Waals surface area contributed by atoms with E-state index in [1.165, 1.54) is 0 Å². The number of esters is 1. The SMILES string of the molecule is CCCCOc1ccc(C2C(C#N)=C(N)Oc3cc(OC(=O)c4cccc(C)c4)ccc32)cc1OCC. The van der Waals surface area contributed by atoms with Crippen LogP contribution in [0.1, 0.15) is 59.7 Å². The molecule has 0 aliphatic carbocycles. The molecule has 0 saturated heterocycles. The molecule has 0 radical (unpaired) electrons. The smallest absolute Gasteiger partial charge is 0.343 e. The summed E-state index contributed by atoms with van der Waals surface area (Å²) in [6, 6.07) is 20.1. The van der Waals surface area contributed by atoms with E-state index in [1.807, 2.05) is 38.1 Å². The van der Waals surface area contributed by atoms with Gasteiger partial charge in [0, 0.05) is 11.6 Å². The number of hydrogen-bond donors (Lipinski definition) is 1. The molecule has 3 aromatic carbocycles. The van der Waals surface area contributed by atoms with Crippen LogP contribution in [0.3, 0.4) is 0 Å². The average Bonchev–Trinajstić information content (AvgIpc) is 2.89. The molecule has 37 heavy (non-hydrogen) atoms. The summed E-state index contributed by atoms with van der Waals surface area (Å²) >= 11 is 0. The first-order chi connectivity index (χ1) is 17.9. The molecule has 7 nitrogen and oxygen atoms in total. The predicted octanol–water partition coefficient (Wildman–Crippen LogP) is 6.01. The molecule has 2 N–H and O–H groups in total. The van der Waals surface area contributed by atoms with E-state index < -0.39 is 11.9 Å². The molecular weight excluding hydrogens is 468 g/mol. The van der Waals surface area contributed by atoms with Gasteiger partial charge in [-0.3, -0.25) is 0 Å². The summed E-state index contributed by atoms with van der Waals surface area (Å²) in [4.78, 5) is 12.6. The highest BCUT2D eigenvalue weighted by Crippen LogP contribution is 2.45. The molecule has 0 aromatic heterocycles. The molecule has 0 amide bonds. The number of aryl methyl sites for hydroxylation is 1. The van der Waals surface area contributed by atoms with Gasteiger partial charge in [-0.2, -0.15) is 5.26 Å². The standard InChI is InChI=1S/C30H30N2O5/c1-4-6-14-35-25-13-10-20(16-27(25)34-5-2)28-23-12-11-22(17-26(23)37-29(32)24(28)18-31)36-30(33)21-9-7-8-19(3)15-21/h7-13,15-17,28H,4-6,14,32H2,1-3H3. The van der Waals surface area contributed by atoms with Crippen molar-refractivity contribution in [3.05, 3.63) is 94.4 Å². The number of carbonyl (C=O) groups is 1. The number of carbonyl (C=O) groups excluding carboxylic acids is 1. The maximum atomic E-state index is 12.6. The number of nitriles is 1. The van der Waals surface area contributed by atoms with Crippen LogP contribution in [0.5, 0.6) is 23.0 Å². The third kappa shape index (κ3) is 5.70. The number of allylic oxidation sites excluding steroid dienone is 1. The highest BCUT2D eigenvalue weighted by molar-refractivity contribution is 5.91. The zero-order valence-corrected chi connectivity index (χ0v) is 21.2. The number of benzene rings is 3. The Morgan fingerprint density at radius 2 is 1.89 bits per heavy atom. The van der Waals surface area contributed by atoms with E-state index in [9.17, 15) is 10.1 Å². The Labute approximate surface area is 217 Å². The molecule has 0 bridgehead atoms. The van der Waals surface area contributed by atoms with Crippen LogP contribution in [0.4, 0.5) is 0 Å². The molecule has 7 heteroatoms. The molecule has 0 fully saturated rings. The number of fused-ring (bicyclic) bond motifs is 1. The maximum Gasteiger partial charge on any atom is 0.343 e. The molecule has 1 unspecified atom stereocenters. The number of unbranched alkanes of at least 4 members (excludes halogenated alkanes) is 1. The van der Waals surface area contributed by atoms with Crippen LogP contribution in [0.15, 0.2) is 72.1 Å². The van der Waals surface area contributed by atoms with Crippen LogP contribution >= 0.6 is 0 Å². The molecule has 1 atom stereocenters. The Kier molecular flexibility index (Phi) is 7.99. The van der Waals surface area contributed by atoms with Gasteiger partial charge in [0.1, 0.15) is 23.1 Å². The fraction of sp³-hybridized carbons (Fsp3) is 0.267. The Bertz CT molecular complexity index is 1370. The Hall–Kier alpha value is -4.44. The lowest BCUT2D eigenvalue weighted by atomic mass is 9.83. The van der Waals surface area contributed by atoms with Gasteiger partial charge in [-0.1, -0.05) is 43.2 Å². The summed E-state index contributed by atoms with van der Waals surface area (Å²) in [5, 5.41) is 9.92. The van der Waals surface area contributed by atoms with Crippen molar-refractivity contribution in [1.82, 2.24) is 0 Å². The van der Waals surface area contributed by atoms with Crippen molar-refractivity contribution < 1.29 is 23.7 Å². The van der Waals surface area contributed by atoms with Gasteiger partial charge < -0.3 is 24.7 Å². The molecule has 1 heterocycles. The van der Waals surface area contributed by atoms with Crippen molar-refractivity contribution in [2.75, 3.05) is 13.2 Å². The molecule has 1 aliphatic heterocycles. The van der Waals surface area contributed by atoms with Crippen LogP contribution in [-0.2, 0) is 0 Å². The van der Waals surface area contributed by atoms with Crippen molar-refractivity contribution >= 4 is 5.97 Å².